The summed E-state index contributed by atoms with van der Waals surface area (Å²) in [5.74, 6) is 0.989. The van der Waals surface area contributed by atoms with Crippen molar-refractivity contribution in [2.75, 3.05) is 12.9 Å². The highest BCUT2D eigenvalue weighted by Gasteiger charge is 2.15. The molecular weight excluding hydrogens is 384 g/mol. The van der Waals surface area contributed by atoms with Gasteiger partial charge in [-0.1, -0.05) is 30.7 Å². The summed E-state index contributed by atoms with van der Waals surface area (Å²) < 4.78 is 5.22. The predicted molar refractivity (Wildman–Crippen MR) is 109 cm³/mol. The molecule has 1 aromatic heterocycles. The first kappa shape index (κ1) is 19.5. The molecule has 3 aromatic rings. The van der Waals surface area contributed by atoms with E-state index in [9.17, 15) is 9.90 Å². The van der Waals surface area contributed by atoms with Gasteiger partial charge < -0.3 is 15.2 Å². The number of methoxy groups -OCH3 is 1. The van der Waals surface area contributed by atoms with E-state index in [0.29, 0.717) is 17.0 Å². The third kappa shape index (κ3) is 4.53. The van der Waals surface area contributed by atoms with Crippen molar-refractivity contribution < 1.29 is 14.6 Å². The van der Waals surface area contributed by atoms with E-state index in [-0.39, 0.29) is 11.1 Å². The fraction of sp³-hybridized carbons (Fsp3) is 0.200. The summed E-state index contributed by atoms with van der Waals surface area (Å²) in [6, 6.07) is 14.2. The lowest BCUT2D eigenvalue weighted by atomic mass is 10.1. The maximum absolute atomic E-state index is 12.5. The molecule has 0 saturated heterocycles. The van der Waals surface area contributed by atoms with Crippen LogP contribution < -0.4 is 10.1 Å². The maximum atomic E-state index is 12.5. The summed E-state index contributed by atoms with van der Waals surface area (Å²) in [6.07, 6.45) is -1.09. The summed E-state index contributed by atoms with van der Waals surface area (Å²) in [5.41, 5.74) is 1.03. The normalized spacial score (nSPS) is 12.0. The standard InChI is InChI=1S/C20H19ClN2O3S/c1-3-27-15-7-4-12(5-8-15)18(24)23-19(25)13-6-9-16-14(10-13)11-17(21)22-20(16)26-2/h4-11,18,24H,3H2,1-2H3,(H,23,25). The molecule has 0 aliphatic rings. The van der Waals surface area contributed by atoms with Crippen LogP contribution in [0.4, 0.5) is 0 Å². The molecule has 1 amide bonds. The number of nitrogens with one attached hydrogen (secondary N) is 1. The average molecular weight is 403 g/mol. The summed E-state index contributed by atoms with van der Waals surface area (Å²) in [4.78, 5) is 17.7. The van der Waals surface area contributed by atoms with E-state index in [1.165, 1.54) is 7.11 Å². The summed E-state index contributed by atoms with van der Waals surface area (Å²) in [7, 11) is 1.51. The number of halogens is 1. The average Bonchev–Trinajstić information content (AvgIpc) is 2.67. The lowest BCUT2D eigenvalue weighted by molar-refractivity contribution is 0.0783. The van der Waals surface area contributed by atoms with Crippen LogP contribution in [-0.4, -0.2) is 28.9 Å². The number of thioether (sulfide) groups is 1. The highest BCUT2D eigenvalue weighted by molar-refractivity contribution is 7.99. The predicted octanol–water partition coefficient (Wildman–Crippen LogP) is 4.43. The minimum atomic E-state index is -1.09. The summed E-state index contributed by atoms with van der Waals surface area (Å²) in [6.45, 7) is 2.08. The Morgan fingerprint density at radius 1 is 1.26 bits per heavy atom. The fourth-order valence-corrected chi connectivity index (χ4v) is 3.55. The lowest BCUT2D eigenvalue weighted by Crippen LogP contribution is -2.28. The minimum Gasteiger partial charge on any atom is -0.481 e. The SMILES string of the molecule is CCSc1ccc(C(O)NC(=O)c2ccc3c(OC)nc(Cl)cc3c2)cc1. The van der Waals surface area contributed by atoms with Crippen LogP contribution in [0.25, 0.3) is 10.8 Å². The number of amides is 1. The number of rotatable bonds is 6. The lowest BCUT2D eigenvalue weighted by Gasteiger charge is -2.14. The highest BCUT2D eigenvalue weighted by atomic mass is 35.5. The monoisotopic (exact) mass is 402 g/mol. The van der Waals surface area contributed by atoms with Gasteiger partial charge in [0.25, 0.3) is 5.91 Å². The zero-order valence-corrected chi connectivity index (χ0v) is 16.5. The molecule has 0 bridgehead atoms. The van der Waals surface area contributed by atoms with Crippen LogP contribution in [-0.2, 0) is 0 Å². The van der Waals surface area contributed by atoms with E-state index < -0.39 is 6.23 Å². The Bertz CT molecular complexity index is 963. The van der Waals surface area contributed by atoms with Gasteiger partial charge in [0.1, 0.15) is 5.15 Å². The molecular formula is C20H19ClN2O3S. The molecule has 1 heterocycles. The van der Waals surface area contributed by atoms with E-state index in [4.69, 9.17) is 16.3 Å². The van der Waals surface area contributed by atoms with Crippen molar-refractivity contribution >= 4 is 40.0 Å². The van der Waals surface area contributed by atoms with E-state index in [2.05, 4.69) is 17.2 Å². The smallest absolute Gasteiger partial charge is 0.253 e. The van der Waals surface area contributed by atoms with E-state index >= 15 is 0 Å². The molecule has 2 N–H and O–H groups in total. The molecule has 0 spiro atoms. The van der Waals surface area contributed by atoms with Crippen molar-refractivity contribution in [2.24, 2.45) is 0 Å². The first-order valence-corrected chi connectivity index (χ1v) is 9.74. The van der Waals surface area contributed by atoms with Gasteiger partial charge in [-0.25, -0.2) is 4.98 Å². The van der Waals surface area contributed by atoms with Crippen molar-refractivity contribution in [1.29, 1.82) is 0 Å². The molecule has 2 aromatic carbocycles. The molecule has 0 saturated carbocycles. The molecule has 0 aliphatic carbocycles. The van der Waals surface area contributed by atoms with Gasteiger partial charge >= 0.3 is 0 Å². The molecule has 0 radical (unpaired) electrons. The van der Waals surface area contributed by atoms with Gasteiger partial charge in [-0.05, 0) is 47.5 Å². The second kappa shape index (κ2) is 8.61. The Morgan fingerprint density at radius 3 is 2.67 bits per heavy atom. The first-order valence-electron chi connectivity index (χ1n) is 8.37. The third-order valence-electron chi connectivity index (χ3n) is 4.00. The number of hydrogen-bond donors (Lipinski definition) is 2. The molecule has 0 fully saturated rings. The number of ether oxygens (including phenoxy) is 1. The van der Waals surface area contributed by atoms with Crippen LogP contribution in [0, 0.1) is 0 Å². The Morgan fingerprint density at radius 2 is 2.00 bits per heavy atom. The first-order chi connectivity index (χ1) is 13.0. The highest BCUT2D eigenvalue weighted by Crippen LogP contribution is 2.27. The van der Waals surface area contributed by atoms with Crippen LogP contribution in [0.15, 0.2) is 53.4 Å². The number of pyridine rings is 1. The van der Waals surface area contributed by atoms with Gasteiger partial charge in [-0.15, -0.1) is 11.8 Å². The number of aliphatic hydroxyl groups excluding tert-OH is 1. The van der Waals surface area contributed by atoms with Gasteiger partial charge in [0.05, 0.1) is 7.11 Å². The topological polar surface area (TPSA) is 71.5 Å². The van der Waals surface area contributed by atoms with Crippen LogP contribution in [0.2, 0.25) is 5.15 Å². The van der Waals surface area contributed by atoms with Crippen molar-refractivity contribution in [3.05, 3.63) is 64.8 Å². The van der Waals surface area contributed by atoms with Gasteiger partial charge in [0.2, 0.25) is 5.88 Å². The van der Waals surface area contributed by atoms with Crippen molar-refractivity contribution in [1.82, 2.24) is 10.3 Å². The molecule has 3 rings (SSSR count). The van der Waals surface area contributed by atoms with Crippen LogP contribution >= 0.6 is 23.4 Å². The van der Waals surface area contributed by atoms with E-state index in [0.717, 1.165) is 21.4 Å². The van der Waals surface area contributed by atoms with Crippen LogP contribution in [0.1, 0.15) is 29.1 Å². The quantitative estimate of drug-likeness (QED) is 0.362. The third-order valence-corrected chi connectivity index (χ3v) is 5.08. The number of aromatic nitrogens is 1. The van der Waals surface area contributed by atoms with Gasteiger partial charge in [-0.2, -0.15) is 0 Å². The van der Waals surface area contributed by atoms with Gasteiger partial charge in [-0.3, -0.25) is 4.79 Å². The molecule has 27 heavy (non-hydrogen) atoms. The second-order valence-corrected chi connectivity index (χ2v) is 7.49. The van der Waals surface area contributed by atoms with Gasteiger partial charge in [0, 0.05) is 21.4 Å². The molecule has 5 nitrogen and oxygen atoms in total. The van der Waals surface area contributed by atoms with Crippen LogP contribution in [0.3, 0.4) is 0 Å². The second-order valence-electron chi connectivity index (χ2n) is 5.77. The van der Waals surface area contributed by atoms with Crippen LogP contribution in [0.5, 0.6) is 5.88 Å². The van der Waals surface area contributed by atoms with Crippen molar-refractivity contribution in [3.8, 4) is 5.88 Å². The molecule has 1 atom stereocenters. The number of carbonyl (C=O) groups excluding carboxylic acids is 1. The number of nitrogens with zero attached hydrogens (tertiary/aromatic N) is 1. The molecule has 7 heteroatoms. The van der Waals surface area contributed by atoms with E-state index in [1.54, 1.807) is 48.2 Å². The minimum absolute atomic E-state index is 0.280. The maximum Gasteiger partial charge on any atom is 0.253 e. The number of aliphatic hydroxyl groups is 1. The summed E-state index contributed by atoms with van der Waals surface area (Å²) in [5, 5.41) is 14.7. The molecule has 1 unspecified atom stereocenters. The fourth-order valence-electron chi connectivity index (χ4n) is 2.70. The Hall–Kier alpha value is -2.28. The van der Waals surface area contributed by atoms with E-state index in [1.807, 2.05) is 12.1 Å². The van der Waals surface area contributed by atoms with Gasteiger partial charge in [0.15, 0.2) is 6.23 Å². The number of carbonyl (C=O) groups is 1. The Kier molecular flexibility index (Phi) is 6.21. The summed E-state index contributed by atoms with van der Waals surface area (Å²) >= 11 is 7.72. The van der Waals surface area contributed by atoms with Crippen molar-refractivity contribution in [3.63, 3.8) is 0 Å². The number of benzene rings is 2. The number of hydrogen-bond acceptors (Lipinski definition) is 5. The molecule has 0 aliphatic heterocycles. The zero-order valence-electron chi connectivity index (χ0n) is 14.9. The molecule has 140 valence electrons. The zero-order chi connectivity index (χ0) is 19.4. The Labute approximate surface area is 166 Å². The largest absolute Gasteiger partial charge is 0.481 e. The number of fused-ring (bicyclic) bond motifs is 1. The Balaban J connectivity index is 1.79. The van der Waals surface area contributed by atoms with Crippen molar-refractivity contribution in [2.45, 2.75) is 18.0 Å².